The van der Waals surface area contributed by atoms with Gasteiger partial charge in [0, 0.05) is 38.4 Å². The molecule has 0 aromatic heterocycles. The van der Waals surface area contributed by atoms with Crippen molar-refractivity contribution >= 4 is 29.4 Å². The lowest BCUT2D eigenvalue weighted by molar-refractivity contribution is -0.138. The van der Waals surface area contributed by atoms with Crippen molar-refractivity contribution in [1.82, 2.24) is 26.2 Å². The van der Waals surface area contributed by atoms with Gasteiger partial charge in [0.2, 0.25) is 23.6 Å². The highest BCUT2D eigenvalue weighted by Gasteiger charge is 2.38. The van der Waals surface area contributed by atoms with Gasteiger partial charge in [0.1, 0.15) is 12.1 Å². The van der Waals surface area contributed by atoms with Crippen LogP contribution >= 0.6 is 0 Å². The zero-order chi connectivity index (χ0) is 32.2. The van der Waals surface area contributed by atoms with Gasteiger partial charge < -0.3 is 31.9 Å². The van der Waals surface area contributed by atoms with Gasteiger partial charge in [-0.3, -0.25) is 24.0 Å². The topological polar surface area (TPSA) is 163 Å². The summed E-state index contributed by atoms with van der Waals surface area (Å²) in [6, 6.07) is 7.15. The molecule has 1 aromatic carbocycles. The van der Waals surface area contributed by atoms with Gasteiger partial charge in [-0.15, -0.1) is 0 Å². The van der Waals surface area contributed by atoms with Gasteiger partial charge in [0.05, 0.1) is 11.4 Å². The van der Waals surface area contributed by atoms with Crippen LogP contribution in [0.1, 0.15) is 84.2 Å². The molecule has 0 saturated carbocycles. The largest absolute Gasteiger partial charge is 0.386 e. The monoisotopic (exact) mass is 598 g/mol. The number of nitrogens with one attached hydrogen (secondary N) is 4. The fourth-order valence-corrected chi connectivity index (χ4v) is 5.04. The van der Waals surface area contributed by atoms with Crippen molar-refractivity contribution in [3.05, 3.63) is 48.3 Å². The molecule has 4 amide bonds. The summed E-state index contributed by atoms with van der Waals surface area (Å²) >= 11 is 0. The number of nitrogens with zero attached hydrogens (tertiary/aromatic N) is 1. The Morgan fingerprint density at radius 1 is 1.12 bits per heavy atom. The molecule has 0 radical (unpaired) electrons. The number of hydrogen-bond acceptors (Lipinski definition) is 7. The van der Waals surface area contributed by atoms with Crippen molar-refractivity contribution in [2.45, 2.75) is 90.3 Å². The molecular weight excluding hydrogens is 548 g/mol. The Morgan fingerprint density at radius 2 is 1.79 bits per heavy atom. The predicted molar refractivity (Wildman–Crippen MR) is 166 cm³/mol. The van der Waals surface area contributed by atoms with Gasteiger partial charge in [-0.2, -0.15) is 0 Å². The molecule has 2 rings (SSSR count). The summed E-state index contributed by atoms with van der Waals surface area (Å²) in [7, 11) is 1.68. The van der Waals surface area contributed by atoms with E-state index >= 15 is 0 Å². The lowest BCUT2D eigenvalue weighted by atomic mass is 9.83. The van der Waals surface area contributed by atoms with E-state index < -0.39 is 35.4 Å². The van der Waals surface area contributed by atoms with Gasteiger partial charge in [0.25, 0.3) is 0 Å². The minimum Gasteiger partial charge on any atom is -0.386 e. The maximum absolute atomic E-state index is 13.8. The van der Waals surface area contributed by atoms with Gasteiger partial charge in [0.15, 0.2) is 5.78 Å². The lowest BCUT2D eigenvalue weighted by Gasteiger charge is -2.33. The Kier molecular flexibility index (Phi) is 13.7. The second-order valence-corrected chi connectivity index (χ2v) is 11.9. The van der Waals surface area contributed by atoms with Crippen LogP contribution in [0.2, 0.25) is 0 Å². The molecule has 6 N–H and O–H groups in total. The van der Waals surface area contributed by atoms with Crippen LogP contribution in [0, 0.1) is 11.8 Å². The van der Waals surface area contributed by atoms with Crippen LogP contribution in [0.3, 0.4) is 0 Å². The molecule has 0 spiro atoms. The highest BCUT2D eigenvalue weighted by atomic mass is 16.2. The molecular formula is C32H50N6O5. The molecule has 43 heavy (non-hydrogen) atoms. The van der Waals surface area contributed by atoms with Crippen LogP contribution < -0.4 is 27.0 Å². The Hall–Kier alpha value is -3.89. The second kappa shape index (κ2) is 16.7. The summed E-state index contributed by atoms with van der Waals surface area (Å²) in [5.41, 5.74) is 5.05. The fraction of sp³-hybridized carbons (Fsp3) is 0.594. The number of carbonyl (C=O) groups is 5. The predicted octanol–water partition coefficient (Wildman–Crippen LogP) is 2.29. The standard InChI is InChI=1S/C32H50N6O5/c1-7-25-30(42)36-27(23-14-9-8-10-15-23)31(43)38(6)19-12-11-17-32(5,37-28(40)21(2)3)26(39)20-24(29(41)35-25)16-13-18-34-22(4)33/h8-10,14-15,21,24-25,27,34H,4,7,11-13,16-20,33H2,1-3,5-6H3,(H,35,41)(H,36,42)(H,37,40)/t24-,25+,27-,32-/m1/s1. The Bertz CT molecular complexity index is 1140. The molecule has 11 heteroatoms. The van der Waals surface area contributed by atoms with E-state index in [0.29, 0.717) is 56.6 Å². The molecule has 1 fully saturated rings. The first-order valence-corrected chi connectivity index (χ1v) is 15.2. The van der Waals surface area contributed by atoms with E-state index in [4.69, 9.17) is 5.73 Å². The summed E-state index contributed by atoms with van der Waals surface area (Å²) in [4.78, 5) is 68.8. The Balaban J connectivity index is 2.45. The minimum atomic E-state index is -1.20. The number of benzene rings is 1. The van der Waals surface area contributed by atoms with Gasteiger partial charge in [-0.05, 0) is 51.0 Å². The first-order valence-electron chi connectivity index (χ1n) is 15.2. The number of Topliss-reactive ketones (excluding diaryl/α,β-unsaturated/α-hetero) is 1. The van der Waals surface area contributed by atoms with Gasteiger partial charge in [-0.25, -0.2) is 0 Å². The molecule has 11 nitrogen and oxygen atoms in total. The number of likely N-dealkylation sites (N-methyl/N-ethyl adjacent to an activating group) is 1. The van der Waals surface area contributed by atoms with Crippen LogP contribution in [0.5, 0.6) is 0 Å². The molecule has 4 atom stereocenters. The summed E-state index contributed by atoms with van der Waals surface area (Å²) in [5.74, 6) is -2.49. The number of amides is 4. The number of ketones is 1. The zero-order valence-corrected chi connectivity index (χ0v) is 26.3. The molecule has 0 bridgehead atoms. The van der Waals surface area contributed by atoms with Crippen LogP contribution in [0.25, 0.3) is 0 Å². The molecule has 0 unspecified atom stereocenters. The third-order valence-corrected chi connectivity index (χ3v) is 7.93. The third kappa shape index (κ3) is 10.7. The molecule has 238 valence electrons. The number of hydrogen-bond donors (Lipinski definition) is 5. The SMILES string of the molecule is C=C(N)NCCC[C@@H]1CC(=O)[C@](C)(NC(=O)C(C)C)CCCCN(C)C(=O)[C@@H](c2ccccc2)NC(=O)[C@H](CC)NC1=O. The highest BCUT2D eigenvalue weighted by molar-refractivity contribution is 5.97. The summed E-state index contributed by atoms with van der Waals surface area (Å²) in [5, 5.41) is 11.5. The fourth-order valence-electron chi connectivity index (χ4n) is 5.04. The van der Waals surface area contributed by atoms with E-state index in [-0.39, 0.29) is 36.4 Å². The highest BCUT2D eigenvalue weighted by Crippen LogP contribution is 2.24. The van der Waals surface area contributed by atoms with E-state index in [2.05, 4.69) is 27.8 Å². The maximum atomic E-state index is 13.8. The molecule has 1 aliphatic rings. The summed E-state index contributed by atoms with van der Waals surface area (Å²) in [6.07, 6.45) is 2.53. The summed E-state index contributed by atoms with van der Waals surface area (Å²) < 4.78 is 0. The average Bonchev–Trinajstić information content (AvgIpc) is 2.97. The van der Waals surface area contributed by atoms with Crippen molar-refractivity contribution < 1.29 is 24.0 Å². The number of nitrogens with two attached hydrogens (primary N) is 1. The minimum absolute atomic E-state index is 0.104. The van der Waals surface area contributed by atoms with Crippen molar-refractivity contribution in [2.75, 3.05) is 20.1 Å². The van der Waals surface area contributed by atoms with E-state index in [1.165, 1.54) is 0 Å². The molecule has 1 saturated heterocycles. The first kappa shape index (κ1) is 35.3. The average molecular weight is 599 g/mol. The molecule has 1 aromatic rings. The zero-order valence-electron chi connectivity index (χ0n) is 26.3. The second-order valence-electron chi connectivity index (χ2n) is 11.9. The van der Waals surface area contributed by atoms with Crippen molar-refractivity contribution in [1.29, 1.82) is 0 Å². The van der Waals surface area contributed by atoms with E-state index in [0.717, 1.165) is 0 Å². The normalized spacial score (nSPS) is 24.7. The molecule has 1 aliphatic heterocycles. The van der Waals surface area contributed by atoms with Crippen molar-refractivity contribution in [2.24, 2.45) is 17.6 Å². The third-order valence-electron chi connectivity index (χ3n) is 7.93. The van der Waals surface area contributed by atoms with Crippen LogP contribution in [-0.4, -0.2) is 66.0 Å². The van der Waals surface area contributed by atoms with Gasteiger partial charge >= 0.3 is 0 Å². The van der Waals surface area contributed by atoms with Crippen LogP contribution in [0.15, 0.2) is 42.7 Å². The van der Waals surface area contributed by atoms with E-state index in [1.807, 2.05) is 6.07 Å². The van der Waals surface area contributed by atoms with Gasteiger partial charge in [-0.1, -0.05) is 57.7 Å². The van der Waals surface area contributed by atoms with E-state index in [9.17, 15) is 24.0 Å². The quantitative estimate of drug-likeness (QED) is 0.272. The summed E-state index contributed by atoms with van der Waals surface area (Å²) in [6.45, 7) is 11.5. The number of carbonyl (C=O) groups excluding carboxylic acids is 5. The molecule has 1 heterocycles. The van der Waals surface area contributed by atoms with Crippen molar-refractivity contribution in [3.8, 4) is 0 Å². The lowest BCUT2D eigenvalue weighted by Crippen LogP contribution is -2.55. The Labute approximate surface area is 255 Å². The van der Waals surface area contributed by atoms with Crippen molar-refractivity contribution in [3.63, 3.8) is 0 Å². The first-order chi connectivity index (χ1) is 20.3. The van der Waals surface area contributed by atoms with E-state index in [1.54, 1.807) is 63.9 Å². The Morgan fingerprint density at radius 3 is 2.40 bits per heavy atom. The smallest absolute Gasteiger partial charge is 0.249 e. The van der Waals surface area contributed by atoms with Crippen LogP contribution in [-0.2, 0) is 24.0 Å². The number of rotatable bonds is 9. The maximum Gasteiger partial charge on any atom is 0.249 e. The molecule has 0 aliphatic carbocycles. The van der Waals surface area contributed by atoms with Crippen LogP contribution in [0.4, 0.5) is 0 Å².